The molecule has 0 amide bonds. The lowest BCUT2D eigenvalue weighted by molar-refractivity contribution is 1.12. The summed E-state index contributed by atoms with van der Waals surface area (Å²) in [7, 11) is 0. The Bertz CT molecular complexity index is 401. The molecule has 12 heavy (non-hydrogen) atoms. The second-order valence-corrected chi connectivity index (χ2v) is 3.11. The molecule has 0 fully saturated rings. The monoisotopic (exact) mass is 160 g/mol. The van der Waals surface area contributed by atoms with E-state index in [2.05, 4.69) is 36.2 Å². The van der Waals surface area contributed by atoms with E-state index in [1.807, 2.05) is 6.20 Å². The molecule has 2 aromatic rings. The molecule has 0 atom stereocenters. The van der Waals surface area contributed by atoms with Crippen molar-refractivity contribution in [2.45, 2.75) is 20.3 Å². The number of benzene rings is 1. The van der Waals surface area contributed by atoms with Crippen molar-refractivity contribution in [2.24, 2.45) is 0 Å². The average Bonchev–Trinajstić information content (AvgIpc) is 2.50. The Morgan fingerprint density at radius 1 is 1.42 bits per heavy atom. The van der Waals surface area contributed by atoms with Gasteiger partial charge in [0.05, 0.1) is 11.7 Å². The fourth-order valence-corrected chi connectivity index (χ4v) is 1.58. The normalized spacial score (nSPS) is 10.8. The Morgan fingerprint density at radius 3 is 3.00 bits per heavy atom. The Kier molecular flexibility index (Phi) is 1.61. The minimum Gasteiger partial charge on any atom is -0.278 e. The van der Waals surface area contributed by atoms with Gasteiger partial charge in [0, 0.05) is 5.39 Å². The fourth-order valence-electron chi connectivity index (χ4n) is 1.58. The predicted octanol–water partition coefficient (Wildman–Crippen LogP) is 2.43. The Morgan fingerprint density at radius 2 is 2.25 bits per heavy atom. The standard InChI is InChI=1S/C10H12N2/c1-3-8-4-7(2)5-10-9(8)6-11-12-10/h4-6H,3H2,1-2H3,(H,11,12). The summed E-state index contributed by atoms with van der Waals surface area (Å²) in [5.41, 5.74) is 3.81. The van der Waals surface area contributed by atoms with Crippen LogP contribution in [0.4, 0.5) is 0 Å². The second kappa shape index (κ2) is 2.63. The van der Waals surface area contributed by atoms with Gasteiger partial charge in [-0.3, -0.25) is 5.10 Å². The van der Waals surface area contributed by atoms with Crippen molar-refractivity contribution in [1.82, 2.24) is 10.2 Å². The molecule has 1 aromatic heterocycles. The van der Waals surface area contributed by atoms with E-state index in [0.717, 1.165) is 11.9 Å². The van der Waals surface area contributed by atoms with E-state index < -0.39 is 0 Å². The number of rotatable bonds is 1. The number of nitrogens with one attached hydrogen (secondary N) is 1. The molecule has 0 aliphatic rings. The molecule has 1 heterocycles. The molecule has 2 heteroatoms. The molecule has 1 aromatic carbocycles. The third-order valence-electron chi connectivity index (χ3n) is 2.17. The zero-order valence-electron chi connectivity index (χ0n) is 7.39. The summed E-state index contributed by atoms with van der Waals surface area (Å²) in [6.07, 6.45) is 2.96. The Hall–Kier alpha value is -1.31. The minimum absolute atomic E-state index is 1.07. The second-order valence-electron chi connectivity index (χ2n) is 3.11. The maximum absolute atomic E-state index is 4.03. The van der Waals surface area contributed by atoms with Crippen LogP contribution in [0.1, 0.15) is 18.1 Å². The van der Waals surface area contributed by atoms with Crippen LogP contribution < -0.4 is 0 Å². The summed E-state index contributed by atoms with van der Waals surface area (Å²) in [6, 6.07) is 4.35. The van der Waals surface area contributed by atoms with E-state index in [4.69, 9.17) is 0 Å². The van der Waals surface area contributed by atoms with Gasteiger partial charge in [0.2, 0.25) is 0 Å². The molecule has 0 radical (unpaired) electrons. The van der Waals surface area contributed by atoms with Gasteiger partial charge in [0.1, 0.15) is 0 Å². The first-order valence-electron chi connectivity index (χ1n) is 4.24. The molecule has 0 aliphatic heterocycles. The van der Waals surface area contributed by atoms with Crippen LogP contribution in [0.5, 0.6) is 0 Å². The number of nitrogens with zero attached hydrogens (tertiary/aromatic N) is 1. The molecule has 0 spiro atoms. The van der Waals surface area contributed by atoms with Gasteiger partial charge >= 0.3 is 0 Å². The van der Waals surface area contributed by atoms with Crippen LogP contribution >= 0.6 is 0 Å². The van der Waals surface area contributed by atoms with Gasteiger partial charge in [-0.25, -0.2) is 0 Å². The number of aromatic amines is 1. The fraction of sp³-hybridized carbons (Fsp3) is 0.300. The third-order valence-corrected chi connectivity index (χ3v) is 2.17. The van der Waals surface area contributed by atoms with Crippen LogP contribution in [0.15, 0.2) is 18.3 Å². The van der Waals surface area contributed by atoms with E-state index >= 15 is 0 Å². The molecule has 1 N–H and O–H groups in total. The number of hydrogen-bond donors (Lipinski definition) is 1. The highest BCUT2D eigenvalue weighted by Crippen LogP contribution is 2.18. The van der Waals surface area contributed by atoms with Crippen molar-refractivity contribution in [1.29, 1.82) is 0 Å². The van der Waals surface area contributed by atoms with E-state index in [1.54, 1.807) is 0 Å². The largest absolute Gasteiger partial charge is 0.278 e. The molecule has 0 aliphatic carbocycles. The van der Waals surface area contributed by atoms with Crippen LogP contribution in [0.3, 0.4) is 0 Å². The highest BCUT2D eigenvalue weighted by molar-refractivity contribution is 5.82. The summed E-state index contributed by atoms with van der Waals surface area (Å²) < 4.78 is 0. The highest BCUT2D eigenvalue weighted by Gasteiger charge is 2.01. The van der Waals surface area contributed by atoms with Gasteiger partial charge in [-0.2, -0.15) is 5.10 Å². The van der Waals surface area contributed by atoms with Gasteiger partial charge in [-0.15, -0.1) is 0 Å². The van der Waals surface area contributed by atoms with Crippen molar-refractivity contribution in [3.63, 3.8) is 0 Å². The summed E-state index contributed by atoms with van der Waals surface area (Å²) in [5.74, 6) is 0. The van der Waals surface area contributed by atoms with Crippen LogP contribution in [-0.2, 0) is 6.42 Å². The number of fused-ring (bicyclic) bond motifs is 1. The molecular formula is C10H12N2. The Balaban J connectivity index is 2.80. The number of aryl methyl sites for hydroxylation is 2. The maximum Gasteiger partial charge on any atom is 0.0655 e. The van der Waals surface area contributed by atoms with Crippen LogP contribution in [-0.4, -0.2) is 10.2 Å². The van der Waals surface area contributed by atoms with Crippen LogP contribution in [0.25, 0.3) is 10.9 Å². The molecular weight excluding hydrogens is 148 g/mol. The van der Waals surface area contributed by atoms with Gasteiger partial charge in [-0.1, -0.05) is 13.0 Å². The zero-order chi connectivity index (χ0) is 8.55. The van der Waals surface area contributed by atoms with Gasteiger partial charge in [0.25, 0.3) is 0 Å². The summed E-state index contributed by atoms with van der Waals surface area (Å²) in [5, 5.41) is 8.26. The SMILES string of the molecule is CCc1cc(C)cc2[nH]ncc12. The van der Waals surface area contributed by atoms with Gasteiger partial charge < -0.3 is 0 Å². The Labute approximate surface area is 71.6 Å². The van der Waals surface area contributed by atoms with Crippen molar-refractivity contribution >= 4 is 10.9 Å². The molecule has 2 nitrogen and oxygen atoms in total. The third kappa shape index (κ3) is 0.998. The van der Waals surface area contributed by atoms with E-state index in [0.29, 0.717) is 0 Å². The first-order chi connectivity index (χ1) is 5.81. The molecule has 0 saturated heterocycles. The lowest BCUT2D eigenvalue weighted by Gasteiger charge is -2.00. The van der Waals surface area contributed by atoms with Crippen molar-refractivity contribution < 1.29 is 0 Å². The average molecular weight is 160 g/mol. The quantitative estimate of drug-likeness (QED) is 0.682. The lowest BCUT2D eigenvalue weighted by atomic mass is 10.1. The number of hydrogen-bond acceptors (Lipinski definition) is 1. The van der Waals surface area contributed by atoms with Gasteiger partial charge in [-0.05, 0) is 30.5 Å². The van der Waals surface area contributed by atoms with E-state index in [9.17, 15) is 0 Å². The van der Waals surface area contributed by atoms with Crippen LogP contribution in [0.2, 0.25) is 0 Å². The lowest BCUT2D eigenvalue weighted by Crippen LogP contribution is -1.83. The molecule has 62 valence electrons. The molecule has 0 unspecified atom stereocenters. The van der Waals surface area contributed by atoms with Crippen LogP contribution in [0, 0.1) is 6.92 Å². The summed E-state index contributed by atoms with van der Waals surface area (Å²) >= 11 is 0. The first kappa shape index (κ1) is 7.35. The smallest absolute Gasteiger partial charge is 0.0655 e. The molecule has 0 bridgehead atoms. The summed E-state index contributed by atoms with van der Waals surface area (Å²) in [6.45, 7) is 4.28. The first-order valence-corrected chi connectivity index (χ1v) is 4.24. The predicted molar refractivity (Wildman–Crippen MR) is 50.2 cm³/mol. The topological polar surface area (TPSA) is 28.7 Å². The summed E-state index contributed by atoms with van der Waals surface area (Å²) in [4.78, 5) is 0. The molecule has 0 saturated carbocycles. The van der Waals surface area contributed by atoms with Crippen molar-refractivity contribution in [2.75, 3.05) is 0 Å². The minimum atomic E-state index is 1.07. The van der Waals surface area contributed by atoms with Crippen molar-refractivity contribution in [3.8, 4) is 0 Å². The van der Waals surface area contributed by atoms with E-state index in [1.165, 1.54) is 16.5 Å². The maximum atomic E-state index is 4.03. The highest BCUT2D eigenvalue weighted by atomic mass is 15.1. The van der Waals surface area contributed by atoms with Gasteiger partial charge in [0.15, 0.2) is 0 Å². The van der Waals surface area contributed by atoms with E-state index in [-0.39, 0.29) is 0 Å². The number of aromatic nitrogens is 2. The molecule has 2 rings (SSSR count). The number of H-pyrrole nitrogens is 1. The zero-order valence-corrected chi connectivity index (χ0v) is 7.39. The van der Waals surface area contributed by atoms with Crippen molar-refractivity contribution in [3.05, 3.63) is 29.5 Å².